The zero-order valence-electron chi connectivity index (χ0n) is 8.26. The van der Waals surface area contributed by atoms with Crippen LogP contribution in [0, 0.1) is 10.1 Å². The summed E-state index contributed by atoms with van der Waals surface area (Å²) in [5.74, 6) is -1.93. The molecule has 7 heteroatoms. The van der Waals surface area contributed by atoms with E-state index in [0.717, 1.165) is 25.1 Å². The fourth-order valence-corrected chi connectivity index (χ4v) is 1.05. The molecule has 0 atom stereocenters. The third-order valence-corrected chi connectivity index (χ3v) is 1.73. The number of phenols is 1. The Balaban J connectivity index is 3.03. The Morgan fingerprint density at radius 3 is 2.50 bits per heavy atom. The maximum absolute atomic E-state index is 11.3. The number of carbonyl (C=O) groups is 2. The topological polar surface area (TPSA) is 110 Å². The van der Waals surface area contributed by atoms with Crippen LogP contribution in [0.3, 0.4) is 0 Å². The molecule has 84 valence electrons. The number of rotatable bonds is 2. The van der Waals surface area contributed by atoms with Crippen LogP contribution in [0.2, 0.25) is 0 Å². The fraction of sp³-hybridized carbons (Fsp3) is 0.111. The molecule has 0 fully saturated rings. The molecular weight excluding hydrogens is 216 g/mol. The molecule has 0 saturated carbocycles. The number of aromatic hydroxyl groups is 1. The van der Waals surface area contributed by atoms with Gasteiger partial charge in [-0.3, -0.25) is 25.0 Å². The number of nitrogens with zero attached hydrogens (tertiary/aromatic N) is 1. The van der Waals surface area contributed by atoms with Crippen molar-refractivity contribution in [3.63, 3.8) is 0 Å². The normalized spacial score (nSPS) is 9.56. The average molecular weight is 224 g/mol. The van der Waals surface area contributed by atoms with Crippen molar-refractivity contribution in [2.24, 2.45) is 0 Å². The van der Waals surface area contributed by atoms with Gasteiger partial charge in [-0.2, -0.15) is 0 Å². The van der Waals surface area contributed by atoms with E-state index in [2.05, 4.69) is 0 Å². The van der Waals surface area contributed by atoms with E-state index >= 15 is 0 Å². The first-order valence-electron chi connectivity index (χ1n) is 4.21. The van der Waals surface area contributed by atoms with Gasteiger partial charge in [0, 0.05) is 13.0 Å². The van der Waals surface area contributed by atoms with Gasteiger partial charge in [0.15, 0.2) is 0 Å². The van der Waals surface area contributed by atoms with Crippen molar-refractivity contribution in [2.45, 2.75) is 6.92 Å². The summed E-state index contributed by atoms with van der Waals surface area (Å²) in [7, 11) is 0. The zero-order chi connectivity index (χ0) is 12.3. The van der Waals surface area contributed by atoms with Gasteiger partial charge < -0.3 is 5.11 Å². The van der Waals surface area contributed by atoms with Gasteiger partial charge in [-0.05, 0) is 6.07 Å². The second-order valence-electron chi connectivity index (χ2n) is 2.97. The smallest absolute Gasteiger partial charge is 0.273 e. The monoisotopic (exact) mass is 224 g/mol. The van der Waals surface area contributed by atoms with Gasteiger partial charge in [0.2, 0.25) is 5.91 Å². The number of nitro groups is 1. The van der Waals surface area contributed by atoms with Crippen LogP contribution < -0.4 is 5.32 Å². The predicted molar refractivity (Wildman–Crippen MR) is 52.9 cm³/mol. The number of benzene rings is 1. The Labute approximate surface area is 89.8 Å². The van der Waals surface area contributed by atoms with Crippen molar-refractivity contribution < 1.29 is 19.6 Å². The van der Waals surface area contributed by atoms with Gasteiger partial charge >= 0.3 is 0 Å². The molecule has 0 heterocycles. The number of imide groups is 1. The lowest BCUT2D eigenvalue weighted by atomic mass is 10.1. The maximum atomic E-state index is 11.3. The van der Waals surface area contributed by atoms with Crippen molar-refractivity contribution in [1.82, 2.24) is 5.32 Å². The summed E-state index contributed by atoms with van der Waals surface area (Å²) in [6, 6.07) is 2.98. The van der Waals surface area contributed by atoms with Gasteiger partial charge in [0.25, 0.3) is 11.6 Å². The molecule has 0 aromatic heterocycles. The summed E-state index contributed by atoms with van der Waals surface area (Å²) >= 11 is 0. The van der Waals surface area contributed by atoms with Crippen LogP contribution in [-0.2, 0) is 4.79 Å². The number of hydrogen-bond donors (Lipinski definition) is 2. The van der Waals surface area contributed by atoms with Gasteiger partial charge in [-0.1, -0.05) is 0 Å². The van der Waals surface area contributed by atoms with E-state index < -0.39 is 22.5 Å². The average Bonchev–Trinajstić information content (AvgIpc) is 2.15. The van der Waals surface area contributed by atoms with Crippen molar-refractivity contribution >= 4 is 17.5 Å². The lowest BCUT2D eigenvalue weighted by molar-refractivity contribution is -0.384. The number of phenolic OH excluding ortho intramolecular Hbond substituents is 1. The highest BCUT2D eigenvalue weighted by Gasteiger charge is 2.16. The second kappa shape index (κ2) is 4.39. The number of carbonyl (C=O) groups excluding carboxylic acids is 2. The molecule has 0 aliphatic carbocycles. The highest BCUT2D eigenvalue weighted by Crippen LogP contribution is 2.23. The van der Waals surface area contributed by atoms with Crippen molar-refractivity contribution in [3.05, 3.63) is 33.9 Å². The van der Waals surface area contributed by atoms with Gasteiger partial charge in [-0.25, -0.2) is 0 Å². The van der Waals surface area contributed by atoms with Crippen LogP contribution in [0.15, 0.2) is 18.2 Å². The molecule has 1 rings (SSSR count). The first-order chi connectivity index (χ1) is 7.41. The summed E-state index contributed by atoms with van der Waals surface area (Å²) in [6.07, 6.45) is 0. The molecule has 16 heavy (non-hydrogen) atoms. The standard InChI is InChI=1S/C9H8N2O5/c1-5(12)10-9(14)7-3-2-6(11(15)16)4-8(7)13/h2-4,13H,1H3,(H,10,12,14). The number of amides is 2. The number of hydrogen-bond acceptors (Lipinski definition) is 5. The highest BCUT2D eigenvalue weighted by atomic mass is 16.6. The molecule has 0 unspecified atom stereocenters. The lowest BCUT2D eigenvalue weighted by Crippen LogP contribution is -2.27. The first-order valence-corrected chi connectivity index (χ1v) is 4.21. The molecular formula is C9H8N2O5. The minimum absolute atomic E-state index is 0.194. The van der Waals surface area contributed by atoms with Crippen LogP contribution >= 0.6 is 0 Å². The van der Waals surface area contributed by atoms with E-state index in [1.54, 1.807) is 0 Å². The number of nitro benzene ring substituents is 1. The summed E-state index contributed by atoms with van der Waals surface area (Å²) in [6.45, 7) is 1.14. The van der Waals surface area contributed by atoms with E-state index in [9.17, 15) is 24.8 Å². The van der Waals surface area contributed by atoms with Crippen molar-refractivity contribution in [2.75, 3.05) is 0 Å². The van der Waals surface area contributed by atoms with E-state index in [1.807, 2.05) is 5.32 Å². The zero-order valence-corrected chi connectivity index (χ0v) is 8.26. The molecule has 0 bridgehead atoms. The number of nitrogens with one attached hydrogen (secondary N) is 1. The Morgan fingerprint density at radius 2 is 2.06 bits per heavy atom. The molecule has 0 aliphatic rings. The molecule has 0 aliphatic heterocycles. The van der Waals surface area contributed by atoms with Crippen LogP contribution in [-0.4, -0.2) is 21.8 Å². The summed E-state index contributed by atoms with van der Waals surface area (Å²) < 4.78 is 0. The fourth-order valence-electron chi connectivity index (χ4n) is 1.05. The summed E-state index contributed by atoms with van der Waals surface area (Å²) in [5, 5.41) is 21.6. The maximum Gasteiger partial charge on any atom is 0.273 e. The minimum atomic E-state index is -0.806. The van der Waals surface area contributed by atoms with E-state index in [1.165, 1.54) is 0 Å². The molecule has 1 aromatic rings. The van der Waals surface area contributed by atoms with Crippen molar-refractivity contribution in [3.8, 4) is 5.75 Å². The van der Waals surface area contributed by atoms with Gasteiger partial charge in [-0.15, -0.1) is 0 Å². The lowest BCUT2D eigenvalue weighted by Gasteiger charge is -2.03. The molecule has 7 nitrogen and oxygen atoms in total. The Bertz CT molecular complexity index is 469. The molecule has 1 aromatic carbocycles. The van der Waals surface area contributed by atoms with E-state index in [0.29, 0.717) is 0 Å². The van der Waals surface area contributed by atoms with Gasteiger partial charge in [0.1, 0.15) is 5.75 Å². The summed E-state index contributed by atoms with van der Waals surface area (Å²) in [4.78, 5) is 31.5. The quantitative estimate of drug-likeness (QED) is 0.563. The Kier molecular flexibility index (Phi) is 3.19. The molecule has 2 amide bonds. The van der Waals surface area contributed by atoms with Crippen LogP contribution in [0.4, 0.5) is 5.69 Å². The third kappa shape index (κ3) is 2.53. The molecule has 0 saturated heterocycles. The second-order valence-corrected chi connectivity index (χ2v) is 2.97. The Morgan fingerprint density at radius 1 is 1.44 bits per heavy atom. The summed E-state index contributed by atoms with van der Waals surface area (Å²) in [5.41, 5.74) is -0.530. The van der Waals surface area contributed by atoms with E-state index in [4.69, 9.17) is 0 Å². The SMILES string of the molecule is CC(=O)NC(=O)c1ccc([N+](=O)[O-])cc1O. The highest BCUT2D eigenvalue weighted by molar-refractivity contribution is 6.05. The van der Waals surface area contributed by atoms with Crippen LogP contribution in [0.1, 0.15) is 17.3 Å². The van der Waals surface area contributed by atoms with Crippen molar-refractivity contribution in [1.29, 1.82) is 0 Å². The van der Waals surface area contributed by atoms with Crippen LogP contribution in [0.25, 0.3) is 0 Å². The molecule has 2 N–H and O–H groups in total. The molecule has 0 spiro atoms. The minimum Gasteiger partial charge on any atom is -0.507 e. The largest absolute Gasteiger partial charge is 0.507 e. The van der Waals surface area contributed by atoms with Crippen LogP contribution in [0.5, 0.6) is 5.75 Å². The van der Waals surface area contributed by atoms with Gasteiger partial charge in [0.05, 0.1) is 16.6 Å². The Hall–Kier alpha value is -2.44. The number of non-ortho nitro benzene ring substituents is 1. The third-order valence-electron chi connectivity index (χ3n) is 1.73. The first kappa shape index (κ1) is 11.6. The molecule has 0 radical (unpaired) electrons. The van der Waals surface area contributed by atoms with E-state index in [-0.39, 0.29) is 11.3 Å². The predicted octanol–water partition coefficient (Wildman–Crippen LogP) is 0.577.